The van der Waals surface area contributed by atoms with Gasteiger partial charge in [-0.2, -0.15) is 0 Å². The number of nitrogens with one attached hydrogen (secondary N) is 2. The van der Waals surface area contributed by atoms with Crippen LogP contribution in [0.5, 0.6) is 11.5 Å². The SMILES string of the molecule is COc1ccc(-c2cc3ccc(OC)cc3[nH]2)cc1.Cc1cc2ccccc2[nH]1.c1ccccc1. The Kier molecular flexibility index (Phi) is 7.87. The molecule has 0 bridgehead atoms. The monoisotopic (exact) mass is 462 g/mol. The summed E-state index contributed by atoms with van der Waals surface area (Å²) in [7, 11) is 3.35. The van der Waals surface area contributed by atoms with E-state index in [2.05, 4.69) is 53.3 Å². The summed E-state index contributed by atoms with van der Waals surface area (Å²) in [6, 6.07) is 38.6. The summed E-state index contributed by atoms with van der Waals surface area (Å²) in [5.41, 5.74) is 5.74. The second-order valence-electron chi connectivity index (χ2n) is 8.06. The van der Waals surface area contributed by atoms with Crippen LogP contribution in [0.4, 0.5) is 0 Å². The molecule has 0 atom stereocenters. The van der Waals surface area contributed by atoms with Gasteiger partial charge < -0.3 is 19.4 Å². The van der Waals surface area contributed by atoms with E-state index >= 15 is 0 Å². The summed E-state index contributed by atoms with van der Waals surface area (Å²) in [6.07, 6.45) is 0. The molecule has 6 rings (SSSR count). The van der Waals surface area contributed by atoms with Crippen molar-refractivity contribution in [1.29, 1.82) is 0 Å². The fourth-order valence-electron chi connectivity index (χ4n) is 3.76. The predicted molar refractivity (Wildman–Crippen MR) is 146 cm³/mol. The number of ether oxygens (including phenoxy) is 2. The molecule has 2 heterocycles. The fourth-order valence-corrected chi connectivity index (χ4v) is 3.76. The van der Waals surface area contributed by atoms with Crippen LogP contribution < -0.4 is 9.47 Å². The van der Waals surface area contributed by atoms with Crippen LogP contribution in [0.1, 0.15) is 5.69 Å². The molecule has 0 radical (unpaired) electrons. The minimum absolute atomic E-state index is 0.857. The van der Waals surface area contributed by atoms with E-state index in [9.17, 15) is 0 Å². The van der Waals surface area contributed by atoms with E-state index in [4.69, 9.17) is 9.47 Å². The Morgan fingerprint density at radius 2 is 1.11 bits per heavy atom. The van der Waals surface area contributed by atoms with Crippen molar-refractivity contribution in [2.45, 2.75) is 6.92 Å². The van der Waals surface area contributed by atoms with E-state index < -0.39 is 0 Å². The molecule has 4 aromatic carbocycles. The van der Waals surface area contributed by atoms with Gasteiger partial charge in [0.25, 0.3) is 0 Å². The first-order valence-corrected chi connectivity index (χ1v) is 11.5. The Bertz CT molecular complexity index is 1410. The lowest BCUT2D eigenvalue weighted by atomic mass is 10.1. The second kappa shape index (κ2) is 11.6. The number of hydrogen-bond acceptors (Lipinski definition) is 2. The van der Waals surface area contributed by atoms with Crippen molar-refractivity contribution < 1.29 is 9.47 Å². The number of methoxy groups -OCH3 is 2. The molecule has 0 spiro atoms. The molecule has 0 aliphatic carbocycles. The van der Waals surface area contributed by atoms with Crippen molar-refractivity contribution in [2.75, 3.05) is 14.2 Å². The topological polar surface area (TPSA) is 50.0 Å². The highest BCUT2D eigenvalue weighted by Crippen LogP contribution is 2.27. The summed E-state index contributed by atoms with van der Waals surface area (Å²) in [4.78, 5) is 6.66. The molecule has 0 saturated heterocycles. The highest BCUT2D eigenvalue weighted by atomic mass is 16.5. The van der Waals surface area contributed by atoms with E-state index in [0.29, 0.717) is 0 Å². The molecule has 0 saturated carbocycles. The Balaban J connectivity index is 0.000000149. The zero-order valence-electron chi connectivity index (χ0n) is 20.3. The Hall–Kier alpha value is -4.44. The predicted octanol–water partition coefficient (Wildman–Crippen LogP) is 8.02. The molecule has 6 aromatic rings. The lowest BCUT2D eigenvalue weighted by Crippen LogP contribution is -1.82. The first-order chi connectivity index (χ1) is 17.2. The zero-order chi connectivity index (χ0) is 24.5. The molecule has 0 amide bonds. The highest BCUT2D eigenvalue weighted by Gasteiger charge is 2.04. The van der Waals surface area contributed by atoms with Crippen molar-refractivity contribution in [3.63, 3.8) is 0 Å². The number of aryl methyl sites for hydroxylation is 1. The number of aromatic amines is 2. The molecule has 0 aliphatic heterocycles. The minimum atomic E-state index is 0.857. The Labute approximate surface area is 206 Å². The molecular formula is C31H30N2O2. The van der Waals surface area contributed by atoms with Gasteiger partial charge in [0.2, 0.25) is 0 Å². The van der Waals surface area contributed by atoms with E-state index in [1.54, 1.807) is 14.2 Å². The quantitative estimate of drug-likeness (QED) is 0.280. The van der Waals surface area contributed by atoms with Gasteiger partial charge in [-0.15, -0.1) is 0 Å². The molecule has 0 aliphatic rings. The maximum atomic E-state index is 5.23. The largest absolute Gasteiger partial charge is 0.497 e. The number of fused-ring (bicyclic) bond motifs is 2. The summed E-state index contributed by atoms with van der Waals surface area (Å²) in [5.74, 6) is 1.72. The third-order valence-electron chi connectivity index (χ3n) is 5.56. The van der Waals surface area contributed by atoms with Crippen LogP contribution in [-0.2, 0) is 0 Å². The molecule has 2 N–H and O–H groups in total. The summed E-state index contributed by atoms with van der Waals surface area (Å²) in [5, 5.41) is 2.46. The standard InChI is InChI=1S/C16H15NO2.C9H9N.C6H6/c1-18-13-6-3-11(4-7-13)15-9-12-5-8-14(19-2)10-16(12)17-15;1-7-6-8-4-2-3-5-9(8)10-7;1-2-4-6-5-3-1/h3-10,17H,1-2H3;2-6,10H,1H3;1-6H. The first-order valence-electron chi connectivity index (χ1n) is 11.5. The van der Waals surface area contributed by atoms with Crippen molar-refractivity contribution in [3.05, 3.63) is 121 Å². The van der Waals surface area contributed by atoms with E-state index in [-0.39, 0.29) is 0 Å². The van der Waals surface area contributed by atoms with Crippen LogP contribution in [-0.4, -0.2) is 24.2 Å². The highest BCUT2D eigenvalue weighted by molar-refractivity contribution is 5.87. The third-order valence-corrected chi connectivity index (χ3v) is 5.56. The molecule has 0 unspecified atom stereocenters. The molecule has 2 aromatic heterocycles. The van der Waals surface area contributed by atoms with Crippen LogP contribution >= 0.6 is 0 Å². The van der Waals surface area contributed by atoms with Crippen molar-refractivity contribution >= 4 is 21.8 Å². The molecule has 4 heteroatoms. The number of benzene rings is 4. The Morgan fingerprint density at radius 3 is 1.74 bits per heavy atom. The van der Waals surface area contributed by atoms with Gasteiger partial charge in [-0.3, -0.25) is 0 Å². The Morgan fingerprint density at radius 1 is 0.514 bits per heavy atom. The zero-order valence-corrected chi connectivity index (χ0v) is 20.3. The van der Waals surface area contributed by atoms with Crippen LogP contribution in [0.15, 0.2) is 115 Å². The van der Waals surface area contributed by atoms with Crippen LogP contribution in [0.3, 0.4) is 0 Å². The maximum absolute atomic E-state index is 5.23. The first kappa shape index (κ1) is 23.7. The number of rotatable bonds is 3. The smallest absolute Gasteiger partial charge is 0.120 e. The van der Waals surface area contributed by atoms with E-state index in [1.807, 2.05) is 78.9 Å². The summed E-state index contributed by atoms with van der Waals surface area (Å²) in [6.45, 7) is 2.07. The molecule has 176 valence electrons. The van der Waals surface area contributed by atoms with Crippen molar-refractivity contribution in [2.24, 2.45) is 0 Å². The number of hydrogen-bond donors (Lipinski definition) is 2. The molecule has 4 nitrogen and oxygen atoms in total. The number of aromatic nitrogens is 2. The van der Waals surface area contributed by atoms with Gasteiger partial charge in [-0.05, 0) is 72.5 Å². The fraction of sp³-hybridized carbons (Fsp3) is 0.0968. The van der Waals surface area contributed by atoms with Crippen molar-refractivity contribution in [1.82, 2.24) is 9.97 Å². The van der Waals surface area contributed by atoms with Gasteiger partial charge >= 0.3 is 0 Å². The second-order valence-corrected chi connectivity index (χ2v) is 8.06. The van der Waals surface area contributed by atoms with Gasteiger partial charge in [0.15, 0.2) is 0 Å². The molecular weight excluding hydrogens is 432 g/mol. The lowest BCUT2D eigenvalue weighted by Gasteiger charge is -2.01. The molecule has 35 heavy (non-hydrogen) atoms. The van der Waals surface area contributed by atoms with E-state index in [1.165, 1.54) is 22.0 Å². The van der Waals surface area contributed by atoms with Crippen LogP contribution in [0.2, 0.25) is 0 Å². The lowest BCUT2D eigenvalue weighted by molar-refractivity contribution is 0.415. The van der Waals surface area contributed by atoms with Crippen LogP contribution in [0, 0.1) is 6.92 Å². The maximum Gasteiger partial charge on any atom is 0.120 e. The van der Waals surface area contributed by atoms with Gasteiger partial charge in [0.1, 0.15) is 11.5 Å². The van der Waals surface area contributed by atoms with Crippen molar-refractivity contribution in [3.8, 4) is 22.8 Å². The average Bonchev–Trinajstić information content (AvgIpc) is 3.52. The normalized spacial score (nSPS) is 10.1. The third kappa shape index (κ3) is 6.33. The van der Waals surface area contributed by atoms with Gasteiger partial charge in [0, 0.05) is 33.9 Å². The number of para-hydroxylation sites is 1. The average molecular weight is 463 g/mol. The van der Waals surface area contributed by atoms with Gasteiger partial charge in [-0.25, -0.2) is 0 Å². The summed E-state index contributed by atoms with van der Waals surface area (Å²) < 4.78 is 10.4. The van der Waals surface area contributed by atoms with Gasteiger partial charge in [-0.1, -0.05) is 54.6 Å². The van der Waals surface area contributed by atoms with Gasteiger partial charge in [0.05, 0.1) is 14.2 Å². The molecule has 0 fully saturated rings. The minimum Gasteiger partial charge on any atom is -0.497 e. The summed E-state index contributed by atoms with van der Waals surface area (Å²) >= 11 is 0. The van der Waals surface area contributed by atoms with Crippen LogP contribution in [0.25, 0.3) is 33.1 Å². The van der Waals surface area contributed by atoms with E-state index in [0.717, 1.165) is 28.3 Å². The number of H-pyrrole nitrogens is 2.